The summed E-state index contributed by atoms with van der Waals surface area (Å²) in [5.74, 6) is 0.279. The van der Waals surface area contributed by atoms with Gasteiger partial charge in [-0.1, -0.05) is 23.8 Å². The molecule has 0 aliphatic carbocycles. The summed E-state index contributed by atoms with van der Waals surface area (Å²) in [6.07, 6.45) is 3.51. The van der Waals surface area contributed by atoms with Crippen LogP contribution < -0.4 is 10.1 Å². The Balaban J connectivity index is 2.23. The van der Waals surface area contributed by atoms with Gasteiger partial charge in [0.05, 0.1) is 7.11 Å². The Morgan fingerprint density at radius 2 is 1.96 bits per heavy atom. The van der Waals surface area contributed by atoms with E-state index in [-0.39, 0.29) is 5.57 Å². The van der Waals surface area contributed by atoms with Crippen LogP contribution in [0, 0.1) is 18.3 Å². The number of benzene rings is 2. The molecule has 0 spiro atoms. The zero-order valence-electron chi connectivity index (χ0n) is 13.8. The highest BCUT2D eigenvalue weighted by atomic mass is 32.2. The Morgan fingerprint density at radius 1 is 1.25 bits per heavy atom. The number of anilines is 1. The standard InChI is InChI=1S/C19H18N2O2S/c1-13-4-7-16(8-5-13)21-19(22)15(12-20)10-14-6-9-18(24-3)17(11-14)23-2/h4-11H,1-3H3,(H,21,22). The minimum Gasteiger partial charge on any atom is -0.496 e. The maximum absolute atomic E-state index is 12.3. The number of amides is 1. The number of nitrogens with one attached hydrogen (secondary N) is 1. The number of nitrogens with zero attached hydrogens (tertiary/aromatic N) is 1. The van der Waals surface area contributed by atoms with E-state index in [2.05, 4.69) is 5.32 Å². The molecule has 0 heterocycles. The van der Waals surface area contributed by atoms with Crippen molar-refractivity contribution in [2.45, 2.75) is 11.8 Å². The second kappa shape index (κ2) is 8.23. The van der Waals surface area contributed by atoms with Crippen molar-refractivity contribution in [2.75, 3.05) is 18.7 Å². The highest BCUT2D eigenvalue weighted by Crippen LogP contribution is 2.29. The summed E-state index contributed by atoms with van der Waals surface area (Å²) in [6, 6.07) is 14.9. The Labute approximate surface area is 146 Å². The predicted octanol–water partition coefficient (Wildman–Crippen LogP) is 4.27. The monoisotopic (exact) mass is 338 g/mol. The van der Waals surface area contributed by atoms with Gasteiger partial charge >= 0.3 is 0 Å². The fourth-order valence-corrected chi connectivity index (χ4v) is 2.64. The van der Waals surface area contributed by atoms with Crippen LogP contribution in [0.25, 0.3) is 6.08 Å². The first-order valence-electron chi connectivity index (χ1n) is 7.29. The summed E-state index contributed by atoms with van der Waals surface area (Å²) < 4.78 is 5.33. The molecule has 4 nitrogen and oxygen atoms in total. The van der Waals surface area contributed by atoms with Crippen molar-refractivity contribution in [1.82, 2.24) is 0 Å². The van der Waals surface area contributed by atoms with Crippen LogP contribution in [0.4, 0.5) is 5.69 Å². The third-order valence-corrected chi connectivity index (χ3v) is 4.17. The van der Waals surface area contributed by atoms with Gasteiger partial charge in [0.15, 0.2) is 0 Å². The number of ether oxygens (including phenoxy) is 1. The number of hydrogen-bond donors (Lipinski definition) is 1. The molecule has 0 saturated heterocycles. The lowest BCUT2D eigenvalue weighted by atomic mass is 10.1. The lowest BCUT2D eigenvalue weighted by molar-refractivity contribution is -0.112. The van der Waals surface area contributed by atoms with Crippen molar-refractivity contribution in [3.05, 3.63) is 59.2 Å². The number of carbonyl (C=O) groups is 1. The van der Waals surface area contributed by atoms with E-state index in [0.29, 0.717) is 11.4 Å². The van der Waals surface area contributed by atoms with Gasteiger partial charge in [0.25, 0.3) is 5.91 Å². The van der Waals surface area contributed by atoms with Crippen LogP contribution in [0.1, 0.15) is 11.1 Å². The zero-order valence-corrected chi connectivity index (χ0v) is 14.6. The molecule has 0 atom stereocenters. The molecular formula is C19H18N2O2S. The molecule has 2 aromatic rings. The summed E-state index contributed by atoms with van der Waals surface area (Å²) in [7, 11) is 1.60. The number of nitriles is 1. The van der Waals surface area contributed by atoms with Gasteiger partial charge in [0.1, 0.15) is 17.4 Å². The van der Waals surface area contributed by atoms with Gasteiger partial charge < -0.3 is 10.1 Å². The average Bonchev–Trinajstić information content (AvgIpc) is 2.61. The first kappa shape index (κ1) is 17.6. The topological polar surface area (TPSA) is 62.1 Å². The van der Waals surface area contributed by atoms with E-state index in [9.17, 15) is 10.1 Å². The van der Waals surface area contributed by atoms with Gasteiger partial charge in [-0.05, 0) is 49.1 Å². The number of thioether (sulfide) groups is 1. The molecule has 0 saturated carbocycles. The Bertz CT molecular complexity index is 805. The smallest absolute Gasteiger partial charge is 0.266 e. The maximum atomic E-state index is 12.3. The van der Waals surface area contributed by atoms with Crippen molar-refractivity contribution in [2.24, 2.45) is 0 Å². The molecule has 122 valence electrons. The average molecular weight is 338 g/mol. The molecule has 0 fully saturated rings. The van der Waals surface area contributed by atoms with E-state index in [0.717, 1.165) is 16.0 Å². The number of hydrogen-bond acceptors (Lipinski definition) is 4. The maximum Gasteiger partial charge on any atom is 0.266 e. The van der Waals surface area contributed by atoms with Crippen LogP contribution in [0.5, 0.6) is 5.75 Å². The normalized spacial score (nSPS) is 10.8. The molecule has 0 radical (unpaired) electrons. The minimum atomic E-state index is -0.436. The van der Waals surface area contributed by atoms with Gasteiger partial charge in [-0.15, -0.1) is 11.8 Å². The van der Waals surface area contributed by atoms with Crippen LogP contribution in [0.15, 0.2) is 52.9 Å². The molecule has 24 heavy (non-hydrogen) atoms. The summed E-state index contributed by atoms with van der Waals surface area (Å²) in [6.45, 7) is 1.97. The third kappa shape index (κ3) is 4.40. The van der Waals surface area contributed by atoms with E-state index in [1.165, 1.54) is 0 Å². The summed E-state index contributed by atoms with van der Waals surface area (Å²) in [4.78, 5) is 13.3. The second-order valence-corrected chi connectivity index (χ2v) is 5.95. The lowest BCUT2D eigenvalue weighted by Crippen LogP contribution is -2.13. The van der Waals surface area contributed by atoms with Crippen LogP contribution in [-0.2, 0) is 4.79 Å². The fraction of sp³-hybridized carbons (Fsp3) is 0.158. The van der Waals surface area contributed by atoms with E-state index < -0.39 is 5.91 Å². The summed E-state index contributed by atoms with van der Waals surface area (Å²) >= 11 is 1.57. The summed E-state index contributed by atoms with van der Waals surface area (Å²) in [5, 5.41) is 12.0. The Hall–Kier alpha value is -2.71. The van der Waals surface area contributed by atoms with Gasteiger partial charge in [-0.2, -0.15) is 5.26 Å². The summed E-state index contributed by atoms with van der Waals surface area (Å²) in [5.41, 5.74) is 2.53. The number of rotatable bonds is 5. The largest absolute Gasteiger partial charge is 0.496 e. The van der Waals surface area contributed by atoms with E-state index >= 15 is 0 Å². The van der Waals surface area contributed by atoms with Crippen LogP contribution >= 0.6 is 11.8 Å². The molecule has 5 heteroatoms. The molecule has 0 bridgehead atoms. The fourth-order valence-electron chi connectivity index (χ4n) is 2.09. The molecule has 0 aromatic heterocycles. The molecule has 2 rings (SSSR count). The molecule has 0 unspecified atom stereocenters. The van der Waals surface area contributed by atoms with Crippen LogP contribution in [0.3, 0.4) is 0 Å². The van der Waals surface area contributed by atoms with Crippen LogP contribution in [-0.4, -0.2) is 19.3 Å². The molecule has 0 aliphatic heterocycles. The molecule has 1 N–H and O–H groups in total. The molecule has 2 aromatic carbocycles. The number of methoxy groups -OCH3 is 1. The first-order chi connectivity index (χ1) is 11.6. The van der Waals surface area contributed by atoms with Crippen LogP contribution in [0.2, 0.25) is 0 Å². The number of carbonyl (C=O) groups excluding carboxylic acids is 1. The van der Waals surface area contributed by atoms with Gasteiger partial charge in [0, 0.05) is 10.6 Å². The molecule has 0 aliphatic rings. The second-order valence-electron chi connectivity index (χ2n) is 5.10. The Kier molecular flexibility index (Phi) is 6.05. The van der Waals surface area contributed by atoms with Gasteiger partial charge in [-0.3, -0.25) is 4.79 Å². The van der Waals surface area contributed by atoms with E-state index in [1.807, 2.05) is 49.6 Å². The zero-order chi connectivity index (χ0) is 17.5. The van der Waals surface area contributed by atoms with Crippen molar-refractivity contribution in [1.29, 1.82) is 5.26 Å². The SMILES string of the molecule is COc1cc(C=C(C#N)C(=O)Nc2ccc(C)cc2)ccc1SC. The van der Waals surface area contributed by atoms with Crippen molar-refractivity contribution < 1.29 is 9.53 Å². The minimum absolute atomic E-state index is 0.0366. The lowest BCUT2D eigenvalue weighted by Gasteiger charge is -2.08. The molecule has 1 amide bonds. The molecular weight excluding hydrogens is 320 g/mol. The van der Waals surface area contributed by atoms with E-state index in [4.69, 9.17) is 4.74 Å². The number of aryl methyl sites for hydroxylation is 1. The highest BCUT2D eigenvalue weighted by molar-refractivity contribution is 7.98. The van der Waals surface area contributed by atoms with Gasteiger partial charge in [0.2, 0.25) is 0 Å². The van der Waals surface area contributed by atoms with Crippen molar-refractivity contribution in [3.8, 4) is 11.8 Å². The van der Waals surface area contributed by atoms with Gasteiger partial charge in [-0.25, -0.2) is 0 Å². The third-order valence-electron chi connectivity index (χ3n) is 3.39. The quantitative estimate of drug-likeness (QED) is 0.502. The van der Waals surface area contributed by atoms with Crippen molar-refractivity contribution in [3.63, 3.8) is 0 Å². The first-order valence-corrected chi connectivity index (χ1v) is 8.51. The van der Waals surface area contributed by atoms with E-state index in [1.54, 1.807) is 37.1 Å². The highest BCUT2D eigenvalue weighted by Gasteiger charge is 2.10. The predicted molar refractivity (Wildman–Crippen MR) is 98.2 cm³/mol. The Morgan fingerprint density at radius 3 is 2.54 bits per heavy atom. The van der Waals surface area contributed by atoms with Crippen molar-refractivity contribution >= 4 is 29.4 Å².